The average molecular weight is 332 g/mol. The number of amides is 1. The summed E-state index contributed by atoms with van der Waals surface area (Å²) in [6.45, 7) is 5.53. The second-order valence-corrected chi connectivity index (χ2v) is 6.00. The Balaban J connectivity index is 2.00. The van der Waals surface area contributed by atoms with Crippen molar-refractivity contribution in [1.82, 2.24) is 0 Å². The maximum absolute atomic E-state index is 13.4. The fourth-order valence-electron chi connectivity index (χ4n) is 2.65. The first-order valence-corrected chi connectivity index (χ1v) is 7.51. The predicted octanol–water partition coefficient (Wildman–Crippen LogP) is 5.40. The second-order valence-electron chi connectivity index (χ2n) is 5.59. The van der Waals surface area contributed by atoms with Gasteiger partial charge >= 0.3 is 0 Å². The summed E-state index contributed by atoms with van der Waals surface area (Å²) in [4.78, 5) is 12.5. The maximum Gasteiger partial charge on any atom is 0.291 e. The molecule has 0 spiro atoms. The van der Waals surface area contributed by atoms with Crippen LogP contribution in [0.3, 0.4) is 0 Å². The van der Waals surface area contributed by atoms with E-state index in [0.29, 0.717) is 27.2 Å². The van der Waals surface area contributed by atoms with Crippen LogP contribution in [-0.2, 0) is 0 Å². The highest BCUT2D eigenvalue weighted by molar-refractivity contribution is 6.34. The molecule has 2 aromatic carbocycles. The zero-order valence-electron chi connectivity index (χ0n) is 13.0. The summed E-state index contributed by atoms with van der Waals surface area (Å²) in [6.07, 6.45) is 0. The molecule has 0 bridgehead atoms. The number of carbonyl (C=O) groups excluding carboxylic acids is 1. The molecule has 23 heavy (non-hydrogen) atoms. The molecule has 3 rings (SSSR count). The smallest absolute Gasteiger partial charge is 0.291 e. The third-order valence-corrected chi connectivity index (χ3v) is 4.07. The summed E-state index contributed by atoms with van der Waals surface area (Å²) < 4.78 is 18.9. The van der Waals surface area contributed by atoms with Crippen molar-refractivity contribution in [3.05, 3.63) is 63.6 Å². The first-order chi connectivity index (χ1) is 10.9. The van der Waals surface area contributed by atoms with Gasteiger partial charge in [0, 0.05) is 10.9 Å². The Kier molecular flexibility index (Phi) is 3.86. The predicted molar refractivity (Wildman–Crippen MR) is 89.8 cm³/mol. The molecule has 0 radical (unpaired) electrons. The molecule has 1 heterocycles. The van der Waals surface area contributed by atoms with Crippen molar-refractivity contribution in [3.63, 3.8) is 0 Å². The third kappa shape index (κ3) is 2.82. The minimum absolute atomic E-state index is 0.154. The molecule has 5 heteroatoms. The average Bonchev–Trinajstić information content (AvgIpc) is 2.80. The quantitative estimate of drug-likeness (QED) is 0.682. The van der Waals surface area contributed by atoms with E-state index >= 15 is 0 Å². The van der Waals surface area contributed by atoms with E-state index in [-0.39, 0.29) is 11.6 Å². The molecule has 0 atom stereocenters. The molecule has 118 valence electrons. The van der Waals surface area contributed by atoms with E-state index in [0.717, 1.165) is 11.1 Å². The summed E-state index contributed by atoms with van der Waals surface area (Å²) in [5, 5.41) is 3.83. The lowest BCUT2D eigenvalue weighted by Crippen LogP contribution is -2.13. The summed E-state index contributed by atoms with van der Waals surface area (Å²) in [5.41, 5.74) is 3.50. The molecule has 0 fully saturated rings. The van der Waals surface area contributed by atoms with Gasteiger partial charge in [-0.15, -0.1) is 0 Å². The number of hydrogen-bond acceptors (Lipinski definition) is 2. The molecular formula is C18H15ClFNO2. The maximum atomic E-state index is 13.4. The number of benzene rings is 2. The van der Waals surface area contributed by atoms with Gasteiger partial charge in [0.05, 0.1) is 10.7 Å². The lowest BCUT2D eigenvalue weighted by molar-refractivity contribution is 0.0998. The van der Waals surface area contributed by atoms with E-state index in [4.69, 9.17) is 16.0 Å². The van der Waals surface area contributed by atoms with Gasteiger partial charge in [-0.25, -0.2) is 4.39 Å². The van der Waals surface area contributed by atoms with Gasteiger partial charge in [-0.1, -0.05) is 17.7 Å². The van der Waals surface area contributed by atoms with Crippen LogP contribution in [0.5, 0.6) is 0 Å². The molecule has 0 aliphatic carbocycles. The number of hydrogen-bond donors (Lipinski definition) is 1. The molecule has 0 aliphatic rings. The summed E-state index contributed by atoms with van der Waals surface area (Å²) in [5.74, 6) is -0.625. The summed E-state index contributed by atoms with van der Waals surface area (Å²) >= 11 is 6.21. The zero-order valence-corrected chi connectivity index (χ0v) is 13.7. The van der Waals surface area contributed by atoms with Gasteiger partial charge in [0.2, 0.25) is 0 Å². The van der Waals surface area contributed by atoms with E-state index in [2.05, 4.69) is 5.32 Å². The van der Waals surface area contributed by atoms with Crippen molar-refractivity contribution in [2.75, 3.05) is 5.32 Å². The molecular weight excluding hydrogens is 317 g/mol. The number of anilines is 1. The van der Waals surface area contributed by atoms with E-state index in [1.54, 1.807) is 13.0 Å². The van der Waals surface area contributed by atoms with Gasteiger partial charge in [-0.2, -0.15) is 0 Å². The van der Waals surface area contributed by atoms with Crippen molar-refractivity contribution in [3.8, 4) is 0 Å². The fourth-order valence-corrected chi connectivity index (χ4v) is 3.02. The van der Waals surface area contributed by atoms with Crippen LogP contribution in [0.15, 0.2) is 34.7 Å². The van der Waals surface area contributed by atoms with E-state index in [1.807, 2.05) is 19.9 Å². The second kappa shape index (κ2) is 5.70. The zero-order chi connectivity index (χ0) is 16.7. The first-order valence-electron chi connectivity index (χ1n) is 7.13. The molecule has 1 aromatic heterocycles. The fraction of sp³-hybridized carbons (Fsp3) is 0.167. The van der Waals surface area contributed by atoms with Crippen molar-refractivity contribution in [1.29, 1.82) is 0 Å². The third-order valence-electron chi connectivity index (χ3n) is 3.77. The lowest BCUT2D eigenvalue weighted by Gasteiger charge is -2.10. The van der Waals surface area contributed by atoms with Crippen LogP contribution >= 0.6 is 11.6 Å². The molecule has 1 N–H and O–H groups in total. The van der Waals surface area contributed by atoms with Crippen LogP contribution in [0.2, 0.25) is 5.02 Å². The molecule has 1 amide bonds. The van der Waals surface area contributed by atoms with Crippen LogP contribution < -0.4 is 5.32 Å². The molecule has 3 aromatic rings. The van der Waals surface area contributed by atoms with Gasteiger partial charge in [0.1, 0.15) is 11.4 Å². The van der Waals surface area contributed by atoms with Crippen LogP contribution in [0.4, 0.5) is 10.1 Å². The monoisotopic (exact) mass is 331 g/mol. The van der Waals surface area contributed by atoms with Crippen LogP contribution in [-0.4, -0.2) is 5.91 Å². The molecule has 0 saturated heterocycles. The largest absolute Gasteiger partial charge is 0.451 e. The molecule has 0 saturated carbocycles. The summed E-state index contributed by atoms with van der Waals surface area (Å²) in [6, 6.07) is 7.88. The highest BCUT2D eigenvalue weighted by Crippen LogP contribution is 2.30. The van der Waals surface area contributed by atoms with Crippen molar-refractivity contribution in [2.45, 2.75) is 20.8 Å². The minimum Gasteiger partial charge on any atom is -0.451 e. The lowest BCUT2D eigenvalue weighted by atomic mass is 10.1. The number of rotatable bonds is 2. The Morgan fingerprint density at radius 3 is 2.61 bits per heavy atom. The summed E-state index contributed by atoms with van der Waals surface area (Å²) in [7, 11) is 0. The minimum atomic E-state index is -0.409. The van der Waals surface area contributed by atoms with Crippen molar-refractivity contribution >= 4 is 34.2 Å². The molecule has 0 aliphatic heterocycles. The van der Waals surface area contributed by atoms with Crippen molar-refractivity contribution in [2.24, 2.45) is 0 Å². The Hall–Kier alpha value is -2.33. The number of carbonyl (C=O) groups is 1. The topological polar surface area (TPSA) is 42.2 Å². The van der Waals surface area contributed by atoms with Crippen LogP contribution in [0.25, 0.3) is 11.0 Å². The van der Waals surface area contributed by atoms with E-state index in [1.165, 1.54) is 18.2 Å². The number of nitrogens with one attached hydrogen (secondary N) is 1. The Labute approximate surface area is 138 Å². The van der Waals surface area contributed by atoms with Crippen LogP contribution in [0, 0.1) is 26.6 Å². The number of halogens is 2. The van der Waals surface area contributed by atoms with Gasteiger partial charge in [-0.05, 0) is 56.2 Å². The molecule has 0 unspecified atom stereocenters. The number of fused-ring (bicyclic) bond motifs is 1. The Bertz CT molecular complexity index is 907. The van der Waals surface area contributed by atoms with Gasteiger partial charge in [0.25, 0.3) is 5.91 Å². The molecule has 3 nitrogen and oxygen atoms in total. The SMILES string of the molecule is Cc1cc(C)c(NC(=O)c2oc3ccc(F)cc3c2C)c(Cl)c1. The highest BCUT2D eigenvalue weighted by Gasteiger charge is 2.19. The standard InChI is InChI=1S/C18H15ClFNO2/c1-9-6-10(2)16(14(19)7-9)21-18(22)17-11(3)13-8-12(20)4-5-15(13)23-17/h4-8H,1-3H3,(H,21,22). The Morgan fingerprint density at radius 1 is 1.17 bits per heavy atom. The number of aryl methyl sites for hydroxylation is 3. The Morgan fingerprint density at radius 2 is 1.91 bits per heavy atom. The first kappa shape index (κ1) is 15.6. The van der Waals surface area contributed by atoms with Gasteiger partial charge < -0.3 is 9.73 Å². The number of furan rings is 1. The van der Waals surface area contributed by atoms with E-state index < -0.39 is 5.91 Å². The van der Waals surface area contributed by atoms with Crippen molar-refractivity contribution < 1.29 is 13.6 Å². The highest BCUT2D eigenvalue weighted by atomic mass is 35.5. The normalized spacial score (nSPS) is 11.0. The van der Waals surface area contributed by atoms with E-state index in [9.17, 15) is 9.18 Å². The van der Waals surface area contributed by atoms with Gasteiger partial charge in [0.15, 0.2) is 5.76 Å². The van der Waals surface area contributed by atoms with Crippen LogP contribution in [0.1, 0.15) is 27.2 Å². The van der Waals surface area contributed by atoms with Gasteiger partial charge in [-0.3, -0.25) is 4.79 Å².